The Morgan fingerprint density at radius 3 is 2.64 bits per heavy atom. The molecule has 2 aromatic rings. The maximum absolute atomic E-state index is 4.30. The van der Waals surface area contributed by atoms with Crippen molar-refractivity contribution in [1.29, 1.82) is 0 Å². The van der Waals surface area contributed by atoms with Crippen LogP contribution in [0.25, 0.3) is 11.8 Å². The highest BCUT2D eigenvalue weighted by molar-refractivity contribution is 5.50. The van der Waals surface area contributed by atoms with Crippen LogP contribution in [0, 0.1) is 6.92 Å². The van der Waals surface area contributed by atoms with Crippen LogP contribution in [0.2, 0.25) is 0 Å². The molecule has 0 saturated heterocycles. The van der Waals surface area contributed by atoms with Crippen molar-refractivity contribution in [3.63, 3.8) is 0 Å². The minimum Gasteiger partial charge on any atom is -0.233 e. The van der Waals surface area contributed by atoms with Crippen LogP contribution in [0.1, 0.15) is 11.3 Å². The van der Waals surface area contributed by atoms with Crippen LogP contribution in [0.15, 0.2) is 43.1 Å². The second-order valence-electron chi connectivity index (χ2n) is 3.16. The Morgan fingerprint density at radius 1 is 1.29 bits per heavy atom. The van der Waals surface area contributed by atoms with Gasteiger partial charge in [0.05, 0.1) is 17.6 Å². The van der Waals surface area contributed by atoms with Crippen molar-refractivity contribution in [1.82, 2.24) is 9.78 Å². The molecular formula is C12H12N2. The molecule has 1 heterocycles. The van der Waals surface area contributed by atoms with Crippen molar-refractivity contribution < 1.29 is 0 Å². The van der Waals surface area contributed by atoms with Crippen molar-refractivity contribution >= 4 is 6.08 Å². The molecule has 14 heavy (non-hydrogen) atoms. The molecule has 1 aromatic carbocycles. The molecule has 2 nitrogen and oxygen atoms in total. The van der Waals surface area contributed by atoms with Crippen molar-refractivity contribution in [2.24, 2.45) is 0 Å². The van der Waals surface area contributed by atoms with E-state index in [1.807, 2.05) is 54.2 Å². The second-order valence-corrected chi connectivity index (χ2v) is 3.16. The molecule has 1 aromatic heterocycles. The molecule has 0 atom stereocenters. The SMILES string of the molecule is C=Cc1c(C)cnn1-c1ccccc1. The number of para-hydroxylation sites is 1. The lowest BCUT2D eigenvalue weighted by molar-refractivity contribution is 0.871. The van der Waals surface area contributed by atoms with Crippen molar-refractivity contribution in [2.45, 2.75) is 6.92 Å². The third-order valence-corrected chi connectivity index (χ3v) is 2.19. The standard InChI is InChI=1S/C12H12N2/c1-3-12-10(2)9-13-14(12)11-7-5-4-6-8-11/h3-9H,1H2,2H3. The van der Waals surface area contributed by atoms with Gasteiger partial charge < -0.3 is 0 Å². The first-order valence-corrected chi connectivity index (χ1v) is 4.55. The molecule has 0 N–H and O–H groups in total. The quantitative estimate of drug-likeness (QED) is 0.701. The van der Waals surface area contributed by atoms with E-state index in [-0.39, 0.29) is 0 Å². The summed E-state index contributed by atoms with van der Waals surface area (Å²) < 4.78 is 1.89. The Labute approximate surface area is 83.5 Å². The van der Waals surface area contributed by atoms with Crippen molar-refractivity contribution in [3.05, 3.63) is 54.4 Å². The zero-order valence-electron chi connectivity index (χ0n) is 8.14. The summed E-state index contributed by atoms with van der Waals surface area (Å²) in [6, 6.07) is 10.0. The molecule has 0 radical (unpaired) electrons. The molecule has 0 amide bonds. The number of hydrogen-bond donors (Lipinski definition) is 0. The number of hydrogen-bond acceptors (Lipinski definition) is 1. The zero-order chi connectivity index (χ0) is 9.97. The lowest BCUT2D eigenvalue weighted by Gasteiger charge is -2.03. The molecule has 0 aliphatic rings. The third-order valence-electron chi connectivity index (χ3n) is 2.19. The molecule has 2 heteroatoms. The number of aryl methyl sites for hydroxylation is 1. The molecule has 70 valence electrons. The van der Waals surface area contributed by atoms with E-state index in [1.165, 1.54) is 0 Å². The Morgan fingerprint density at radius 2 is 2.00 bits per heavy atom. The van der Waals surface area contributed by atoms with Crippen LogP contribution in [0.5, 0.6) is 0 Å². The van der Waals surface area contributed by atoms with Crippen LogP contribution in [-0.4, -0.2) is 9.78 Å². The summed E-state index contributed by atoms with van der Waals surface area (Å²) in [5.41, 5.74) is 3.26. The summed E-state index contributed by atoms with van der Waals surface area (Å²) in [5, 5.41) is 4.30. The topological polar surface area (TPSA) is 17.8 Å². The minimum absolute atomic E-state index is 1.05. The van der Waals surface area contributed by atoms with Gasteiger partial charge in [0, 0.05) is 0 Å². The molecule has 0 aliphatic carbocycles. The molecule has 0 saturated carbocycles. The van der Waals surface area contributed by atoms with Crippen LogP contribution >= 0.6 is 0 Å². The van der Waals surface area contributed by atoms with Crippen LogP contribution in [0.3, 0.4) is 0 Å². The minimum atomic E-state index is 1.05. The fourth-order valence-corrected chi connectivity index (χ4v) is 1.46. The van der Waals surface area contributed by atoms with E-state index in [4.69, 9.17) is 0 Å². The van der Waals surface area contributed by atoms with Gasteiger partial charge in [-0.3, -0.25) is 0 Å². The summed E-state index contributed by atoms with van der Waals surface area (Å²) >= 11 is 0. The maximum atomic E-state index is 4.30. The van der Waals surface area contributed by atoms with Gasteiger partial charge in [0.15, 0.2) is 0 Å². The predicted molar refractivity (Wildman–Crippen MR) is 58.4 cm³/mol. The maximum Gasteiger partial charge on any atom is 0.0691 e. The molecule has 0 bridgehead atoms. The van der Waals surface area contributed by atoms with Gasteiger partial charge in [-0.05, 0) is 30.7 Å². The molecule has 2 rings (SSSR count). The Balaban J connectivity index is 2.57. The Bertz CT molecular complexity index is 441. The number of nitrogens with zero attached hydrogens (tertiary/aromatic N) is 2. The second kappa shape index (κ2) is 3.50. The highest BCUT2D eigenvalue weighted by Gasteiger charge is 2.04. The highest BCUT2D eigenvalue weighted by atomic mass is 15.3. The lowest BCUT2D eigenvalue weighted by Crippen LogP contribution is -1.98. The van der Waals surface area contributed by atoms with Crippen LogP contribution in [-0.2, 0) is 0 Å². The summed E-state index contributed by atoms with van der Waals surface area (Å²) in [6.07, 6.45) is 3.68. The van der Waals surface area contributed by atoms with Gasteiger partial charge >= 0.3 is 0 Å². The van der Waals surface area contributed by atoms with Gasteiger partial charge in [0.1, 0.15) is 0 Å². The first-order valence-electron chi connectivity index (χ1n) is 4.55. The normalized spacial score (nSPS) is 10.1. The van der Waals surface area contributed by atoms with Crippen molar-refractivity contribution in [2.75, 3.05) is 0 Å². The van der Waals surface area contributed by atoms with E-state index in [9.17, 15) is 0 Å². The largest absolute Gasteiger partial charge is 0.233 e. The monoisotopic (exact) mass is 184 g/mol. The Kier molecular flexibility index (Phi) is 2.19. The average Bonchev–Trinajstić information content (AvgIpc) is 2.61. The number of rotatable bonds is 2. The molecule has 0 aliphatic heterocycles. The highest BCUT2D eigenvalue weighted by Crippen LogP contribution is 2.14. The Hall–Kier alpha value is -1.83. The first kappa shape index (κ1) is 8.75. The van der Waals surface area contributed by atoms with Gasteiger partial charge in [0.25, 0.3) is 0 Å². The van der Waals surface area contributed by atoms with Gasteiger partial charge in [-0.1, -0.05) is 24.8 Å². The van der Waals surface area contributed by atoms with Gasteiger partial charge in [-0.2, -0.15) is 5.10 Å². The third kappa shape index (κ3) is 1.35. The zero-order valence-corrected chi connectivity index (χ0v) is 8.14. The molecule has 0 unspecified atom stereocenters. The first-order chi connectivity index (χ1) is 6.83. The molecule has 0 fully saturated rings. The predicted octanol–water partition coefficient (Wildman–Crippen LogP) is 2.82. The van der Waals surface area contributed by atoms with Gasteiger partial charge in [0.2, 0.25) is 0 Å². The average molecular weight is 184 g/mol. The summed E-state index contributed by atoms with van der Waals surface area (Å²) in [4.78, 5) is 0. The van der Waals surface area contributed by atoms with Crippen molar-refractivity contribution in [3.8, 4) is 5.69 Å². The van der Waals surface area contributed by atoms with E-state index in [0.29, 0.717) is 0 Å². The molecular weight excluding hydrogens is 172 g/mol. The fourth-order valence-electron chi connectivity index (χ4n) is 1.46. The number of aromatic nitrogens is 2. The molecule has 0 spiro atoms. The summed E-state index contributed by atoms with van der Waals surface area (Å²) in [6.45, 7) is 5.82. The van der Waals surface area contributed by atoms with E-state index in [0.717, 1.165) is 16.9 Å². The van der Waals surface area contributed by atoms with E-state index in [1.54, 1.807) is 0 Å². The smallest absolute Gasteiger partial charge is 0.0691 e. The fraction of sp³-hybridized carbons (Fsp3) is 0.0833. The van der Waals surface area contributed by atoms with E-state index >= 15 is 0 Å². The summed E-state index contributed by atoms with van der Waals surface area (Å²) in [7, 11) is 0. The lowest BCUT2D eigenvalue weighted by atomic mass is 10.2. The van der Waals surface area contributed by atoms with Crippen LogP contribution < -0.4 is 0 Å². The van der Waals surface area contributed by atoms with Gasteiger partial charge in [-0.15, -0.1) is 0 Å². The van der Waals surface area contributed by atoms with E-state index < -0.39 is 0 Å². The summed E-state index contributed by atoms with van der Waals surface area (Å²) in [5.74, 6) is 0. The number of benzene rings is 1. The van der Waals surface area contributed by atoms with Gasteiger partial charge in [-0.25, -0.2) is 4.68 Å². The van der Waals surface area contributed by atoms with Crippen LogP contribution in [0.4, 0.5) is 0 Å². The van der Waals surface area contributed by atoms with E-state index in [2.05, 4.69) is 11.7 Å².